The second kappa shape index (κ2) is 11.6. The van der Waals surface area contributed by atoms with Crippen LogP contribution in [0.2, 0.25) is 0 Å². The van der Waals surface area contributed by atoms with Gasteiger partial charge in [-0.05, 0) is 57.1 Å². The van der Waals surface area contributed by atoms with Gasteiger partial charge in [0, 0.05) is 19.2 Å². The van der Waals surface area contributed by atoms with Crippen molar-refractivity contribution in [2.45, 2.75) is 35.1 Å². The number of sulfonamides is 2. The van der Waals surface area contributed by atoms with Gasteiger partial charge in [-0.25, -0.2) is 21.6 Å². The SMILES string of the molecule is COc1ccc(S(=O)(=O)NC2(C(=O)NCCNS(=O)(=O)c3ccc(C)cc3)CCNCC2)cc1OC. The molecular formula is C23H32N4O7S2. The lowest BCUT2D eigenvalue weighted by Gasteiger charge is -2.36. The number of aryl methyl sites for hydroxylation is 1. The number of amides is 1. The first-order valence-electron chi connectivity index (χ1n) is 11.3. The molecule has 0 spiro atoms. The molecule has 1 fully saturated rings. The van der Waals surface area contributed by atoms with E-state index in [1.165, 1.54) is 44.6 Å². The Morgan fingerprint density at radius 2 is 1.50 bits per heavy atom. The molecular weight excluding hydrogens is 508 g/mol. The molecule has 3 rings (SSSR count). The van der Waals surface area contributed by atoms with Gasteiger partial charge in [0.05, 0.1) is 24.0 Å². The van der Waals surface area contributed by atoms with E-state index in [1.54, 1.807) is 12.1 Å². The third-order valence-corrected chi connectivity index (χ3v) is 8.93. The van der Waals surface area contributed by atoms with Crippen LogP contribution in [0, 0.1) is 6.92 Å². The molecule has 36 heavy (non-hydrogen) atoms. The van der Waals surface area contributed by atoms with Crippen molar-refractivity contribution in [3.05, 3.63) is 48.0 Å². The number of carbonyl (C=O) groups excluding carboxylic acids is 1. The molecule has 1 amide bonds. The summed E-state index contributed by atoms with van der Waals surface area (Å²) in [5.41, 5.74) is -0.461. The van der Waals surface area contributed by atoms with Crippen molar-refractivity contribution in [1.82, 2.24) is 20.1 Å². The van der Waals surface area contributed by atoms with Crippen LogP contribution in [0.4, 0.5) is 0 Å². The molecule has 0 unspecified atom stereocenters. The maximum absolute atomic E-state index is 13.2. The summed E-state index contributed by atoms with van der Waals surface area (Å²) in [5.74, 6) is 0.0893. The lowest BCUT2D eigenvalue weighted by molar-refractivity contribution is -0.127. The minimum absolute atomic E-state index is 0.0167. The van der Waals surface area contributed by atoms with E-state index in [-0.39, 0.29) is 41.5 Å². The molecule has 0 atom stereocenters. The average molecular weight is 541 g/mol. The Morgan fingerprint density at radius 1 is 0.889 bits per heavy atom. The topological polar surface area (TPSA) is 152 Å². The number of carbonyl (C=O) groups is 1. The van der Waals surface area contributed by atoms with Crippen LogP contribution in [0.3, 0.4) is 0 Å². The molecule has 198 valence electrons. The highest BCUT2D eigenvalue weighted by Gasteiger charge is 2.43. The third-order valence-electron chi connectivity index (χ3n) is 5.92. The minimum atomic E-state index is -4.10. The average Bonchev–Trinajstić information content (AvgIpc) is 2.86. The van der Waals surface area contributed by atoms with Crippen LogP contribution in [0.1, 0.15) is 18.4 Å². The molecule has 11 nitrogen and oxygen atoms in total. The van der Waals surface area contributed by atoms with E-state index in [9.17, 15) is 21.6 Å². The number of benzene rings is 2. The largest absolute Gasteiger partial charge is 0.493 e. The summed E-state index contributed by atoms with van der Waals surface area (Å²) in [6.07, 6.45) is 0.445. The maximum atomic E-state index is 13.2. The molecule has 0 bridgehead atoms. The van der Waals surface area contributed by atoms with E-state index < -0.39 is 31.5 Å². The number of piperidine rings is 1. The van der Waals surface area contributed by atoms with E-state index in [2.05, 4.69) is 20.1 Å². The van der Waals surface area contributed by atoms with E-state index in [4.69, 9.17) is 9.47 Å². The van der Waals surface area contributed by atoms with Crippen LogP contribution >= 0.6 is 0 Å². The number of hydrogen-bond acceptors (Lipinski definition) is 8. The molecule has 1 heterocycles. The fourth-order valence-corrected chi connectivity index (χ4v) is 6.33. The predicted molar refractivity (Wildman–Crippen MR) is 134 cm³/mol. The van der Waals surface area contributed by atoms with Crippen molar-refractivity contribution in [2.75, 3.05) is 40.4 Å². The van der Waals surface area contributed by atoms with Gasteiger partial charge < -0.3 is 20.1 Å². The normalized spacial score (nSPS) is 15.8. The second-order valence-electron chi connectivity index (χ2n) is 8.42. The van der Waals surface area contributed by atoms with Crippen LogP contribution in [0.15, 0.2) is 52.3 Å². The van der Waals surface area contributed by atoms with Gasteiger partial charge in [0.1, 0.15) is 5.54 Å². The van der Waals surface area contributed by atoms with Crippen molar-refractivity contribution in [1.29, 1.82) is 0 Å². The number of hydrogen-bond donors (Lipinski definition) is 4. The number of ether oxygens (including phenoxy) is 2. The highest BCUT2D eigenvalue weighted by molar-refractivity contribution is 7.89. The van der Waals surface area contributed by atoms with E-state index >= 15 is 0 Å². The van der Waals surface area contributed by atoms with Crippen LogP contribution in [-0.4, -0.2) is 68.7 Å². The fraction of sp³-hybridized carbons (Fsp3) is 0.435. The van der Waals surface area contributed by atoms with Crippen molar-refractivity contribution < 1.29 is 31.1 Å². The molecule has 4 N–H and O–H groups in total. The standard InChI is InChI=1S/C23H32N4O7S2/c1-17-4-6-18(7-5-17)35(29,30)26-15-14-25-22(28)23(10-12-24-13-11-23)27-36(31,32)19-8-9-20(33-2)21(16-19)34-3/h4-9,16,24,26-27H,10-15H2,1-3H3,(H,25,28). The molecule has 2 aromatic rings. The van der Waals surface area contributed by atoms with Crippen LogP contribution in [0.5, 0.6) is 11.5 Å². The highest BCUT2D eigenvalue weighted by Crippen LogP contribution is 2.30. The number of rotatable bonds is 11. The lowest BCUT2D eigenvalue weighted by atomic mass is 9.88. The van der Waals surface area contributed by atoms with Gasteiger partial charge in [0.15, 0.2) is 11.5 Å². The molecule has 0 aliphatic carbocycles. The molecule has 1 aliphatic heterocycles. The van der Waals surface area contributed by atoms with Crippen molar-refractivity contribution in [3.8, 4) is 11.5 Å². The lowest BCUT2D eigenvalue weighted by Crippen LogP contribution is -2.63. The fourth-order valence-electron chi connectivity index (χ4n) is 3.86. The summed E-state index contributed by atoms with van der Waals surface area (Å²) < 4.78 is 66.7. The van der Waals surface area contributed by atoms with E-state index in [0.29, 0.717) is 18.8 Å². The summed E-state index contributed by atoms with van der Waals surface area (Å²) >= 11 is 0. The van der Waals surface area contributed by atoms with Crippen LogP contribution in [0.25, 0.3) is 0 Å². The molecule has 2 aromatic carbocycles. The summed E-state index contributed by atoms with van der Waals surface area (Å²) in [4.78, 5) is 13.2. The maximum Gasteiger partial charge on any atom is 0.241 e. The monoisotopic (exact) mass is 540 g/mol. The Kier molecular flexibility index (Phi) is 8.95. The minimum Gasteiger partial charge on any atom is -0.493 e. The Hall–Kier alpha value is -2.71. The van der Waals surface area contributed by atoms with Crippen molar-refractivity contribution in [2.24, 2.45) is 0 Å². The smallest absolute Gasteiger partial charge is 0.241 e. The van der Waals surface area contributed by atoms with Crippen molar-refractivity contribution >= 4 is 26.0 Å². The number of nitrogens with one attached hydrogen (secondary N) is 4. The first-order valence-corrected chi connectivity index (χ1v) is 14.3. The summed E-state index contributed by atoms with van der Waals surface area (Å²) in [6, 6.07) is 10.6. The molecule has 0 saturated carbocycles. The van der Waals surface area contributed by atoms with Gasteiger partial charge in [-0.1, -0.05) is 17.7 Å². The molecule has 0 radical (unpaired) electrons. The van der Waals surface area contributed by atoms with Gasteiger partial charge in [0.2, 0.25) is 26.0 Å². The predicted octanol–water partition coefficient (Wildman–Crippen LogP) is 0.507. The Labute approximate surface area is 212 Å². The Morgan fingerprint density at radius 3 is 2.11 bits per heavy atom. The summed E-state index contributed by atoms with van der Waals surface area (Å²) in [6.45, 7) is 2.65. The third kappa shape index (κ3) is 6.53. The van der Waals surface area contributed by atoms with Gasteiger partial charge in [-0.15, -0.1) is 0 Å². The summed E-state index contributed by atoms with van der Waals surface area (Å²) in [7, 11) is -4.99. The number of methoxy groups -OCH3 is 2. The van der Waals surface area contributed by atoms with Crippen LogP contribution in [-0.2, 0) is 24.8 Å². The van der Waals surface area contributed by atoms with Crippen molar-refractivity contribution in [3.63, 3.8) is 0 Å². The quantitative estimate of drug-likeness (QED) is 0.301. The Bertz CT molecular complexity index is 1270. The van der Waals surface area contributed by atoms with Gasteiger partial charge >= 0.3 is 0 Å². The zero-order valence-corrected chi connectivity index (χ0v) is 22.1. The Balaban J connectivity index is 1.69. The zero-order chi connectivity index (χ0) is 26.4. The summed E-state index contributed by atoms with van der Waals surface area (Å²) in [5, 5.41) is 5.80. The molecule has 0 aromatic heterocycles. The first-order chi connectivity index (χ1) is 17.0. The van der Waals surface area contributed by atoms with Gasteiger partial charge in [-0.3, -0.25) is 4.79 Å². The second-order valence-corrected chi connectivity index (χ2v) is 11.9. The van der Waals surface area contributed by atoms with E-state index in [0.717, 1.165) is 5.56 Å². The van der Waals surface area contributed by atoms with Gasteiger partial charge in [-0.2, -0.15) is 4.72 Å². The van der Waals surface area contributed by atoms with E-state index in [1.807, 2.05) is 6.92 Å². The first kappa shape index (κ1) is 27.9. The molecule has 1 saturated heterocycles. The van der Waals surface area contributed by atoms with Crippen LogP contribution < -0.4 is 29.6 Å². The van der Waals surface area contributed by atoms with Gasteiger partial charge in [0.25, 0.3) is 0 Å². The molecule has 1 aliphatic rings. The highest BCUT2D eigenvalue weighted by atomic mass is 32.2. The molecule has 13 heteroatoms. The zero-order valence-electron chi connectivity index (χ0n) is 20.5.